The summed E-state index contributed by atoms with van der Waals surface area (Å²) < 4.78 is 5.36. The minimum atomic E-state index is -0.309. The molecule has 4 nitrogen and oxygen atoms in total. The van der Waals surface area contributed by atoms with Gasteiger partial charge in [0.15, 0.2) is 0 Å². The molecule has 2 atom stereocenters. The summed E-state index contributed by atoms with van der Waals surface area (Å²) >= 11 is 0. The van der Waals surface area contributed by atoms with E-state index in [1.807, 2.05) is 0 Å². The first-order valence-corrected chi connectivity index (χ1v) is 6.34. The van der Waals surface area contributed by atoms with Gasteiger partial charge in [-0.1, -0.05) is 6.58 Å². The molecule has 1 saturated carbocycles. The molecule has 0 unspecified atom stereocenters. The minimum absolute atomic E-state index is 0.0435. The molecule has 96 valence electrons. The van der Waals surface area contributed by atoms with Gasteiger partial charge in [0.2, 0.25) is 5.91 Å². The molecule has 1 amide bonds. The highest BCUT2D eigenvalue weighted by atomic mass is 16.5. The predicted octanol–water partition coefficient (Wildman–Crippen LogP) is 0.856. The number of aliphatic hydroxyl groups excluding tert-OH is 1. The summed E-state index contributed by atoms with van der Waals surface area (Å²) in [6.45, 7) is 5.47. The molecule has 2 fully saturated rings. The van der Waals surface area contributed by atoms with Crippen LogP contribution in [0, 0.1) is 11.3 Å². The Balaban J connectivity index is 1.90. The van der Waals surface area contributed by atoms with Crippen LogP contribution in [-0.2, 0) is 9.53 Å². The van der Waals surface area contributed by atoms with Gasteiger partial charge < -0.3 is 15.2 Å². The molecule has 1 aliphatic carbocycles. The quantitative estimate of drug-likeness (QED) is 0.718. The normalized spacial score (nSPS) is 31.4. The zero-order chi connectivity index (χ0) is 12.3. The van der Waals surface area contributed by atoms with Gasteiger partial charge in [0.25, 0.3) is 0 Å². The van der Waals surface area contributed by atoms with Crippen molar-refractivity contribution in [2.24, 2.45) is 11.3 Å². The van der Waals surface area contributed by atoms with Crippen LogP contribution in [0.25, 0.3) is 0 Å². The highest BCUT2D eigenvalue weighted by molar-refractivity contribution is 5.86. The van der Waals surface area contributed by atoms with Crippen molar-refractivity contribution >= 4 is 5.91 Å². The van der Waals surface area contributed by atoms with Crippen LogP contribution in [0.3, 0.4) is 0 Å². The molecule has 2 aliphatic rings. The van der Waals surface area contributed by atoms with Crippen LogP contribution >= 0.6 is 0 Å². The lowest BCUT2D eigenvalue weighted by Gasteiger charge is -2.37. The number of hydrogen-bond acceptors (Lipinski definition) is 3. The molecule has 17 heavy (non-hydrogen) atoms. The highest BCUT2D eigenvalue weighted by Gasteiger charge is 2.47. The third-order valence-corrected chi connectivity index (χ3v) is 4.30. The molecule has 4 heteroatoms. The monoisotopic (exact) mass is 239 g/mol. The molecule has 1 heterocycles. The number of hydrogen-bond donors (Lipinski definition) is 2. The van der Waals surface area contributed by atoms with Crippen molar-refractivity contribution < 1.29 is 14.6 Å². The Labute approximate surface area is 102 Å². The van der Waals surface area contributed by atoms with Crippen molar-refractivity contribution in [3.05, 3.63) is 12.7 Å². The van der Waals surface area contributed by atoms with E-state index in [1.165, 1.54) is 6.08 Å². The number of ether oxygens (including phenoxy) is 1. The Morgan fingerprint density at radius 2 is 2.18 bits per heavy atom. The van der Waals surface area contributed by atoms with E-state index in [0.717, 1.165) is 38.9 Å². The molecule has 1 saturated heterocycles. The summed E-state index contributed by atoms with van der Waals surface area (Å²) in [7, 11) is 0. The summed E-state index contributed by atoms with van der Waals surface area (Å²) in [5, 5.41) is 13.2. The standard InChI is InChI=1S/C13H21NO3/c1-2-11(15)14-9-10-3-4-13(12(10)16)5-7-17-8-6-13/h2,10,12,16H,1,3-9H2,(H,14,15)/t10-,12-/m0/s1. The molecule has 0 radical (unpaired) electrons. The third kappa shape index (κ3) is 2.53. The summed E-state index contributed by atoms with van der Waals surface area (Å²) in [6, 6.07) is 0. The van der Waals surface area contributed by atoms with Gasteiger partial charge in [-0.3, -0.25) is 4.79 Å². The lowest BCUT2D eigenvalue weighted by atomic mass is 9.76. The van der Waals surface area contributed by atoms with Crippen LogP contribution in [0.15, 0.2) is 12.7 Å². The van der Waals surface area contributed by atoms with E-state index in [0.29, 0.717) is 6.54 Å². The van der Waals surface area contributed by atoms with Gasteiger partial charge in [-0.25, -0.2) is 0 Å². The Kier molecular flexibility index (Phi) is 3.84. The number of nitrogens with one attached hydrogen (secondary N) is 1. The number of amides is 1. The Hall–Kier alpha value is -0.870. The topological polar surface area (TPSA) is 58.6 Å². The van der Waals surface area contributed by atoms with Gasteiger partial charge in [-0.15, -0.1) is 0 Å². The maximum atomic E-state index is 11.1. The minimum Gasteiger partial charge on any atom is -0.392 e. The highest BCUT2D eigenvalue weighted by Crippen LogP contribution is 2.48. The summed E-state index contributed by atoms with van der Waals surface area (Å²) in [4.78, 5) is 11.1. The maximum absolute atomic E-state index is 11.1. The Bertz CT molecular complexity index is 297. The molecule has 0 aromatic heterocycles. The second-order valence-corrected chi connectivity index (χ2v) is 5.17. The van der Waals surface area contributed by atoms with E-state index in [1.54, 1.807) is 0 Å². The van der Waals surface area contributed by atoms with Gasteiger partial charge in [0, 0.05) is 31.1 Å². The number of carbonyl (C=O) groups is 1. The number of rotatable bonds is 3. The first-order valence-electron chi connectivity index (χ1n) is 6.34. The SMILES string of the molecule is C=CC(=O)NC[C@@H]1CCC2(CCOCC2)[C@H]1O. The van der Waals surface area contributed by atoms with Gasteiger partial charge in [-0.05, 0) is 31.8 Å². The van der Waals surface area contributed by atoms with Gasteiger partial charge in [0.1, 0.15) is 0 Å². The van der Waals surface area contributed by atoms with Gasteiger partial charge in [-0.2, -0.15) is 0 Å². The van der Waals surface area contributed by atoms with Gasteiger partial charge in [0.05, 0.1) is 6.10 Å². The molecule has 0 bridgehead atoms. The van der Waals surface area contributed by atoms with Crippen molar-refractivity contribution in [1.82, 2.24) is 5.32 Å². The van der Waals surface area contributed by atoms with Crippen LogP contribution in [0.5, 0.6) is 0 Å². The van der Waals surface area contributed by atoms with E-state index in [4.69, 9.17) is 4.74 Å². The molecule has 1 spiro atoms. The molecule has 1 aliphatic heterocycles. The molecule has 2 N–H and O–H groups in total. The van der Waals surface area contributed by atoms with Crippen LogP contribution < -0.4 is 5.32 Å². The molecular weight excluding hydrogens is 218 g/mol. The van der Waals surface area contributed by atoms with Crippen molar-refractivity contribution in [2.75, 3.05) is 19.8 Å². The number of carbonyl (C=O) groups excluding carboxylic acids is 1. The number of aliphatic hydroxyl groups is 1. The van der Waals surface area contributed by atoms with E-state index in [2.05, 4.69) is 11.9 Å². The second kappa shape index (κ2) is 5.19. The molecule has 2 rings (SSSR count). The summed E-state index contributed by atoms with van der Waals surface area (Å²) in [5.74, 6) is 0.0159. The summed E-state index contributed by atoms with van der Waals surface area (Å²) in [6.07, 6.45) is 4.88. The van der Waals surface area contributed by atoms with Crippen molar-refractivity contribution in [3.8, 4) is 0 Å². The van der Waals surface area contributed by atoms with E-state index in [-0.39, 0.29) is 23.3 Å². The van der Waals surface area contributed by atoms with E-state index in [9.17, 15) is 9.90 Å². The average molecular weight is 239 g/mol. The first kappa shape index (κ1) is 12.6. The molecule has 0 aromatic rings. The Morgan fingerprint density at radius 1 is 1.47 bits per heavy atom. The van der Waals surface area contributed by atoms with Crippen molar-refractivity contribution in [1.29, 1.82) is 0 Å². The molecule has 0 aromatic carbocycles. The Morgan fingerprint density at radius 3 is 2.82 bits per heavy atom. The predicted molar refractivity (Wildman–Crippen MR) is 64.4 cm³/mol. The second-order valence-electron chi connectivity index (χ2n) is 5.17. The van der Waals surface area contributed by atoms with Crippen LogP contribution in [-0.4, -0.2) is 36.9 Å². The van der Waals surface area contributed by atoms with Crippen LogP contribution in [0.4, 0.5) is 0 Å². The fourth-order valence-electron chi connectivity index (χ4n) is 3.12. The van der Waals surface area contributed by atoms with Crippen LogP contribution in [0.1, 0.15) is 25.7 Å². The van der Waals surface area contributed by atoms with E-state index >= 15 is 0 Å². The average Bonchev–Trinajstić information content (AvgIpc) is 2.66. The fraction of sp³-hybridized carbons (Fsp3) is 0.769. The van der Waals surface area contributed by atoms with Crippen LogP contribution in [0.2, 0.25) is 0 Å². The third-order valence-electron chi connectivity index (χ3n) is 4.30. The first-order chi connectivity index (χ1) is 8.18. The fourth-order valence-corrected chi connectivity index (χ4v) is 3.12. The van der Waals surface area contributed by atoms with Crippen molar-refractivity contribution in [3.63, 3.8) is 0 Å². The zero-order valence-corrected chi connectivity index (χ0v) is 10.2. The zero-order valence-electron chi connectivity index (χ0n) is 10.2. The largest absolute Gasteiger partial charge is 0.392 e. The smallest absolute Gasteiger partial charge is 0.243 e. The van der Waals surface area contributed by atoms with Gasteiger partial charge >= 0.3 is 0 Å². The lowest BCUT2D eigenvalue weighted by Crippen LogP contribution is -2.41. The lowest BCUT2D eigenvalue weighted by molar-refractivity contribution is -0.117. The van der Waals surface area contributed by atoms with Crippen molar-refractivity contribution in [2.45, 2.75) is 31.8 Å². The summed E-state index contributed by atoms with van der Waals surface area (Å²) in [5.41, 5.74) is 0.0435. The van der Waals surface area contributed by atoms with E-state index < -0.39 is 0 Å². The maximum Gasteiger partial charge on any atom is 0.243 e. The molecular formula is C13H21NO3.